The molecule has 0 unspecified atom stereocenters. The minimum atomic E-state index is -0.380. The highest BCUT2D eigenvalue weighted by molar-refractivity contribution is 7.18. The van der Waals surface area contributed by atoms with E-state index in [9.17, 15) is 10.1 Å². The molecule has 0 aliphatic carbocycles. The van der Waals surface area contributed by atoms with Crippen molar-refractivity contribution in [2.45, 2.75) is 12.8 Å². The molecular formula is C10H16N4O2S. The molecule has 0 saturated carbocycles. The van der Waals surface area contributed by atoms with Gasteiger partial charge >= 0.3 is 5.00 Å². The molecule has 0 atom stereocenters. The molecule has 1 aromatic rings. The number of nitro groups is 1. The molecule has 0 spiro atoms. The zero-order chi connectivity index (χ0) is 12.3. The number of hydrogen-bond acceptors (Lipinski definition) is 6. The number of hydrogen-bond donors (Lipinski definition) is 1. The van der Waals surface area contributed by atoms with Crippen LogP contribution in [-0.4, -0.2) is 36.6 Å². The van der Waals surface area contributed by atoms with E-state index in [0.29, 0.717) is 5.92 Å². The molecule has 1 N–H and O–H groups in total. The third-order valence-corrected chi connectivity index (χ3v) is 4.05. The summed E-state index contributed by atoms with van der Waals surface area (Å²) < 4.78 is 0. The lowest BCUT2D eigenvalue weighted by Gasteiger charge is -2.31. The number of piperidine rings is 1. The number of thiazole rings is 1. The summed E-state index contributed by atoms with van der Waals surface area (Å²) in [5, 5.41) is 14.7. The van der Waals surface area contributed by atoms with Crippen molar-refractivity contribution in [3.8, 4) is 0 Å². The molecule has 2 rings (SSSR count). The minimum absolute atomic E-state index is 0.123. The van der Waals surface area contributed by atoms with Crippen LogP contribution in [0.5, 0.6) is 0 Å². The molecule has 1 aromatic heterocycles. The van der Waals surface area contributed by atoms with Gasteiger partial charge in [-0.25, -0.2) is 4.98 Å². The summed E-state index contributed by atoms with van der Waals surface area (Å²) in [5.74, 6) is 0.714. The van der Waals surface area contributed by atoms with Crippen molar-refractivity contribution in [2.75, 3.05) is 31.6 Å². The molecule has 0 aromatic carbocycles. The van der Waals surface area contributed by atoms with Crippen molar-refractivity contribution in [1.82, 2.24) is 10.3 Å². The van der Waals surface area contributed by atoms with E-state index in [0.717, 1.165) is 48.9 Å². The van der Waals surface area contributed by atoms with Crippen LogP contribution in [0.25, 0.3) is 0 Å². The van der Waals surface area contributed by atoms with Gasteiger partial charge in [0.15, 0.2) is 5.13 Å². The Balaban J connectivity index is 1.93. The summed E-state index contributed by atoms with van der Waals surface area (Å²) in [6.45, 7) is 2.93. The van der Waals surface area contributed by atoms with Crippen molar-refractivity contribution < 1.29 is 4.92 Å². The molecule has 0 radical (unpaired) electrons. The van der Waals surface area contributed by atoms with Crippen molar-refractivity contribution in [2.24, 2.45) is 5.92 Å². The summed E-state index contributed by atoms with van der Waals surface area (Å²) in [4.78, 5) is 16.5. The molecule has 17 heavy (non-hydrogen) atoms. The highest BCUT2D eigenvalue weighted by atomic mass is 32.1. The number of anilines is 1. The van der Waals surface area contributed by atoms with Gasteiger partial charge in [-0.3, -0.25) is 10.1 Å². The maximum Gasteiger partial charge on any atom is 0.345 e. The molecule has 6 nitrogen and oxygen atoms in total. The van der Waals surface area contributed by atoms with Crippen LogP contribution in [0.3, 0.4) is 0 Å². The zero-order valence-corrected chi connectivity index (χ0v) is 10.6. The third-order valence-electron chi connectivity index (χ3n) is 3.04. The molecule has 1 aliphatic rings. The molecule has 7 heteroatoms. The predicted molar refractivity (Wildman–Crippen MR) is 67.6 cm³/mol. The first-order valence-corrected chi connectivity index (χ1v) is 6.52. The lowest BCUT2D eigenvalue weighted by Crippen LogP contribution is -2.36. The molecule has 1 fully saturated rings. The minimum Gasteiger partial charge on any atom is -0.348 e. The van der Waals surface area contributed by atoms with Crippen LogP contribution in [0, 0.1) is 16.0 Å². The van der Waals surface area contributed by atoms with Crippen molar-refractivity contribution >= 4 is 21.5 Å². The van der Waals surface area contributed by atoms with Gasteiger partial charge in [-0.05, 0) is 43.7 Å². The smallest absolute Gasteiger partial charge is 0.345 e. The highest BCUT2D eigenvalue weighted by Gasteiger charge is 2.22. The van der Waals surface area contributed by atoms with Gasteiger partial charge in [0, 0.05) is 13.1 Å². The molecule has 1 aliphatic heterocycles. The molecule has 94 valence electrons. The topological polar surface area (TPSA) is 71.3 Å². The molecule has 2 heterocycles. The Hall–Kier alpha value is -1.21. The largest absolute Gasteiger partial charge is 0.348 e. The Morgan fingerprint density at radius 2 is 2.35 bits per heavy atom. The van der Waals surface area contributed by atoms with Gasteiger partial charge in [-0.15, -0.1) is 0 Å². The Bertz CT molecular complexity index is 387. The van der Waals surface area contributed by atoms with E-state index in [1.165, 1.54) is 6.20 Å². The van der Waals surface area contributed by atoms with Crippen LogP contribution in [0.1, 0.15) is 12.8 Å². The van der Waals surface area contributed by atoms with E-state index in [2.05, 4.69) is 15.2 Å². The zero-order valence-electron chi connectivity index (χ0n) is 9.76. The van der Waals surface area contributed by atoms with E-state index in [1.54, 1.807) is 0 Å². The Morgan fingerprint density at radius 1 is 1.65 bits per heavy atom. The molecule has 0 bridgehead atoms. The molecule has 0 amide bonds. The predicted octanol–water partition coefficient (Wildman–Crippen LogP) is 1.49. The maximum atomic E-state index is 10.6. The summed E-state index contributed by atoms with van der Waals surface area (Å²) >= 11 is 1.16. The summed E-state index contributed by atoms with van der Waals surface area (Å²) in [7, 11) is 1.97. The van der Waals surface area contributed by atoms with E-state index >= 15 is 0 Å². The van der Waals surface area contributed by atoms with Gasteiger partial charge in [0.2, 0.25) is 0 Å². The lowest BCUT2D eigenvalue weighted by atomic mass is 9.97. The van der Waals surface area contributed by atoms with Gasteiger partial charge in [0.1, 0.15) is 6.20 Å². The number of aromatic nitrogens is 1. The molecular weight excluding hydrogens is 240 g/mol. The van der Waals surface area contributed by atoms with Crippen LogP contribution in [-0.2, 0) is 0 Å². The second-order valence-electron chi connectivity index (χ2n) is 4.23. The Morgan fingerprint density at radius 3 is 2.88 bits per heavy atom. The van der Waals surface area contributed by atoms with Crippen LogP contribution in [0.4, 0.5) is 10.1 Å². The van der Waals surface area contributed by atoms with Crippen LogP contribution >= 0.6 is 11.3 Å². The molecule has 1 saturated heterocycles. The average molecular weight is 256 g/mol. The third kappa shape index (κ3) is 2.92. The van der Waals surface area contributed by atoms with Gasteiger partial charge < -0.3 is 10.2 Å². The summed E-state index contributed by atoms with van der Waals surface area (Å²) in [6, 6.07) is 0. The van der Waals surface area contributed by atoms with Crippen molar-refractivity contribution in [3.05, 3.63) is 16.3 Å². The number of nitrogens with zero attached hydrogens (tertiary/aromatic N) is 3. The maximum absolute atomic E-state index is 10.6. The van der Waals surface area contributed by atoms with Crippen molar-refractivity contribution in [3.63, 3.8) is 0 Å². The van der Waals surface area contributed by atoms with E-state index in [4.69, 9.17) is 0 Å². The standard InChI is InChI=1S/C10H16N4O2S/c1-11-6-8-2-4-13(5-3-8)10-12-7-9(17-10)14(15)16/h7-8,11H,2-6H2,1H3. The fourth-order valence-corrected chi connectivity index (χ4v) is 2.89. The normalized spacial score (nSPS) is 17.4. The van der Waals surface area contributed by atoms with E-state index in [1.807, 2.05) is 7.05 Å². The van der Waals surface area contributed by atoms with Crippen molar-refractivity contribution in [1.29, 1.82) is 0 Å². The van der Waals surface area contributed by atoms with E-state index in [-0.39, 0.29) is 9.92 Å². The van der Waals surface area contributed by atoms with E-state index < -0.39 is 0 Å². The second kappa shape index (κ2) is 5.42. The fourth-order valence-electron chi connectivity index (χ4n) is 2.10. The first-order chi connectivity index (χ1) is 8.20. The van der Waals surface area contributed by atoms with Crippen LogP contribution in [0.2, 0.25) is 0 Å². The van der Waals surface area contributed by atoms with Gasteiger partial charge in [-0.1, -0.05) is 0 Å². The lowest BCUT2D eigenvalue weighted by molar-refractivity contribution is -0.380. The van der Waals surface area contributed by atoms with Gasteiger partial charge in [0.05, 0.1) is 4.92 Å². The average Bonchev–Trinajstić information content (AvgIpc) is 2.80. The van der Waals surface area contributed by atoms with Gasteiger partial charge in [0.25, 0.3) is 0 Å². The number of nitrogens with one attached hydrogen (secondary N) is 1. The summed E-state index contributed by atoms with van der Waals surface area (Å²) in [6.07, 6.45) is 3.59. The van der Waals surface area contributed by atoms with Gasteiger partial charge in [-0.2, -0.15) is 0 Å². The first kappa shape index (κ1) is 12.3. The Labute approximate surface area is 104 Å². The summed E-state index contributed by atoms with van der Waals surface area (Å²) in [5.41, 5.74) is 0. The SMILES string of the molecule is CNCC1CCN(c2ncc([N+](=O)[O-])s2)CC1. The second-order valence-corrected chi connectivity index (χ2v) is 5.21. The number of rotatable bonds is 4. The van der Waals surface area contributed by atoms with Crippen LogP contribution in [0.15, 0.2) is 6.20 Å². The van der Waals surface area contributed by atoms with Crippen LogP contribution < -0.4 is 10.2 Å². The monoisotopic (exact) mass is 256 g/mol. The first-order valence-electron chi connectivity index (χ1n) is 5.70. The Kier molecular flexibility index (Phi) is 3.90. The highest BCUT2D eigenvalue weighted by Crippen LogP contribution is 2.30. The quantitative estimate of drug-likeness (QED) is 0.652. The fraction of sp³-hybridized carbons (Fsp3) is 0.700.